The molecule has 0 saturated carbocycles. The van der Waals surface area contributed by atoms with Crippen LogP contribution < -0.4 is 4.57 Å². The fourth-order valence-electron chi connectivity index (χ4n) is 2.18. The highest BCUT2D eigenvalue weighted by atomic mass is 14.9. The SMILES string of the molecule is [2H]C([2H])(C)c1cc(-c2ccccc2C)[n+](C)cc1C([2H])([2H])C. The van der Waals surface area contributed by atoms with Gasteiger partial charge in [0.15, 0.2) is 6.20 Å². The summed E-state index contributed by atoms with van der Waals surface area (Å²) < 4.78 is 34.0. The van der Waals surface area contributed by atoms with Crippen molar-refractivity contribution < 1.29 is 10.1 Å². The normalized spacial score (nSPS) is 15.6. The summed E-state index contributed by atoms with van der Waals surface area (Å²) in [6.45, 7) is 4.95. The number of rotatable bonds is 3. The molecule has 0 N–H and O–H groups in total. The zero-order valence-electron chi connectivity index (χ0n) is 15.4. The lowest BCUT2D eigenvalue weighted by Gasteiger charge is -2.09. The van der Waals surface area contributed by atoms with Gasteiger partial charge < -0.3 is 0 Å². The smallest absolute Gasteiger partial charge is 0.201 e. The molecule has 0 spiro atoms. The average Bonchev–Trinajstić information content (AvgIpc) is 2.37. The Morgan fingerprint density at radius 2 is 1.78 bits per heavy atom. The lowest BCUT2D eigenvalue weighted by Crippen LogP contribution is -2.32. The Hall–Kier alpha value is -1.63. The number of benzene rings is 1. The summed E-state index contributed by atoms with van der Waals surface area (Å²) in [6, 6.07) is 9.72. The van der Waals surface area contributed by atoms with Crippen molar-refractivity contribution in [2.24, 2.45) is 7.05 Å². The molecule has 18 heavy (non-hydrogen) atoms. The molecule has 0 aliphatic heterocycles. The van der Waals surface area contributed by atoms with E-state index in [1.165, 1.54) is 13.8 Å². The number of hydrogen-bond donors (Lipinski definition) is 0. The van der Waals surface area contributed by atoms with Gasteiger partial charge >= 0.3 is 0 Å². The van der Waals surface area contributed by atoms with Crippen molar-refractivity contribution in [3.8, 4) is 11.3 Å². The number of nitrogens with zero attached hydrogens (tertiary/aromatic N) is 1. The number of aromatic nitrogens is 1. The first kappa shape index (κ1) is 8.47. The van der Waals surface area contributed by atoms with Gasteiger partial charge in [0, 0.05) is 22.7 Å². The maximum absolute atomic E-state index is 8.07. The molecule has 2 aromatic rings. The third-order valence-electron chi connectivity index (χ3n) is 3.23. The maximum Gasteiger partial charge on any atom is 0.212 e. The van der Waals surface area contributed by atoms with Crippen molar-refractivity contribution >= 4 is 0 Å². The molecular weight excluding hydrogens is 218 g/mol. The van der Waals surface area contributed by atoms with E-state index in [0.29, 0.717) is 11.1 Å². The van der Waals surface area contributed by atoms with E-state index < -0.39 is 12.7 Å². The molecule has 0 bridgehead atoms. The van der Waals surface area contributed by atoms with E-state index in [2.05, 4.69) is 0 Å². The summed E-state index contributed by atoms with van der Waals surface area (Å²) in [5.74, 6) is 0. The third kappa shape index (κ3) is 2.31. The Labute approximate surface area is 116 Å². The van der Waals surface area contributed by atoms with Crippen LogP contribution in [0.4, 0.5) is 0 Å². The van der Waals surface area contributed by atoms with E-state index in [9.17, 15) is 0 Å². The van der Waals surface area contributed by atoms with E-state index in [4.69, 9.17) is 5.48 Å². The van der Waals surface area contributed by atoms with E-state index in [1.54, 1.807) is 12.3 Å². The standard InChI is InChI=1S/C17H22N/c1-5-14-11-17(18(4)12-15(14)6-2)16-10-8-7-9-13(16)3/h7-12H,5-6H2,1-4H3/q+1/i5D2,6D2. The first-order chi connectivity index (χ1) is 10.0. The van der Waals surface area contributed by atoms with E-state index in [0.717, 1.165) is 16.8 Å². The molecule has 0 fully saturated rings. The van der Waals surface area contributed by atoms with Gasteiger partial charge in [-0.2, -0.15) is 0 Å². The lowest BCUT2D eigenvalue weighted by atomic mass is 9.99. The second-order valence-corrected chi connectivity index (χ2v) is 4.41. The second kappa shape index (κ2) is 5.34. The monoisotopic (exact) mass is 244 g/mol. The molecular formula is C17H22N+. The first-order valence-electron chi connectivity index (χ1n) is 8.12. The fourth-order valence-corrected chi connectivity index (χ4v) is 2.18. The second-order valence-electron chi connectivity index (χ2n) is 4.41. The Kier molecular flexibility index (Phi) is 2.51. The molecule has 0 aliphatic carbocycles. The van der Waals surface area contributed by atoms with Crippen molar-refractivity contribution in [2.75, 3.05) is 0 Å². The predicted molar refractivity (Wildman–Crippen MR) is 76.5 cm³/mol. The fraction of sp³-hybridized carbons (Fsp3) is 0.353. The van der Waals surface area contributed by atoms with Crippen LogP contribution in [0, 0.1) is 6.92 Å². The van der Waals surface area contributed by atoms with Gasteiger partial charge in [-0.3, -0.25) is 0 Å². The largest absolute Gasteiger partial charge is 0.212 e. The molecule has 1 aromatic carbocycles. The Morgan fingerprint density at radius 3 is 2.39 bits per heavy atom. The van der Waals surface area contributed by atoms with Gasteiger partial charge in [0.25, 0.3) is 0 Å². The van der Waals surface area contributed by atoms with Gasteiger partial charge in [0.1, 0.15) is 7.05 Å². The molecule has 1 heteroatoms. The highest BCUT2D eigenvalue weighted by molar-refractivity contribution is 5.61. The Balaban J connectivity index is 2.77. The Bertz CT molecular complexity index is 697. The highest BCUT2D eigenvalue weighted by Crippen LogP contribution is 2.22. The van der Waals surface area contributed by atoms with Gasteiger partial charge in [-0.25, -0.2) is 4.57 Å². The van der Waals surface area contributed by atoms with Crippen LogP contribution in [0.5, 0.6) is 0 Å². The summed E-state index contributed by atoms with van der Waals surface area (Å²) in [6.07, 6.45) is -1.50. The van der Waals surface area contributed by atoms with Gasteiger partial charge in [-0.15, -0.1) is 0 Å². The highest BCUT2D eigenvalue weighted by Gasteiger charge is 2.15. The summed E-state index contributed by atoms with van der Waals surface area (Å²) >= 11 is 0. The first-order valence-corrected chi connectivity index (χ1v) is 6.12. The molecule has 0 radical (unpaired) electrons. The van der Waals surface area contributed by atoms with Gasteiger partial charge in [-0.05, 0) is 36.9 Å². The van der Waals surface area contributed by atoms with Crippen molar-refractivity contribution in [3.05, 3.63) is 53.2 Å². The number of pyridine rings is 1. The van der Waals surface area contributed by atoms with E-state index >= 15 is 0 Å². The zero-order valence-corrected chi connectivity index (χ0v) is 11.4. The zero-order chi connectivity index (χ0) is 16.7. The van der Waals surface area contributed by atoms with Gasteiger partial charge in [0.2, 0.25) is 5.69 Å². The molecule has 1 aromatic heterocycles. The van der Waals surface area contributed by atoms with Gasteiger partial charge in [0.05, 0.1) is 0 Å². The van der Waals surface area contributed by atoms with Crippen molar-refractivity contribution in [2.45, 2.75) is 33.5 Å². The number of aryl methyl sites for hydroxylation is 4. The molecule has 1 heterocycles. The molecule has 0 unspecified atom stereocenters. The van der Waals surface area contributed by atoms with Crippen molar-refractivity contribution in [3.63, 3.8) is 0 Å². The molecule has 0 aliphatic rings. The Morgan fingerprint density at radius 1 is 1.11 bits per heavy atom. The average molecular weight is 244 g/mol. The van der Waals surface area contributed by atoms with Crippen LogP contribution in [0.15, 0.2) is 36.5 Å². The quantitative estimate of drug-likeness (QED) is 0.726. The van der Waals surface area contributed by atoms with Crippen LogP contribution in [0.25, 0.3) is 11.3 Å². The summed E-state index contributed by atoms with van der Waals surface area (Å²) in [5.41, 5.74) is 3.80. The van der Waals surface area contributed by atoms with E-state index in [-0.39, 0.29) is 0 Å². The molecule has 1 nitrogen and oxygen atoms in total. The minimum Gasteiger partial charge on any atom is -0.201 e. The topological polar surface area (TPSA) is 3.88 Å². The lowest BCUT2D eigenvalue weighted by molar-refractivity contribution is -0.660. The van der Waals surface area contributed by atoms with Gasteiger partial charge in [-0.1, -0.05) is 32.0 Å². The third-order valence-corrected chi connectivity index (χ3v) is 3.23. The summed E-state index contributed by atoms with van der Waals surface area (Å²) in [5, 5.41) is 0. The van der Waals surface area contributed by atoms with Crippen LogP contribution in [0.2, 0.25) is 0 Å². The maximum atomic E-state index is 8.07. The van der Waals surface area contributed by atoms with Crippen LogP contribution in [0.1, 0.15) is 36.0 Å². The van der Waals surface area contributed by atoms with Crippen LogP contribution in [-0.2, 0) is 19.8 Å². The number of hydrogen-bond acceptors (Lipinski definition) is 0. The van der Waals surface area contributed by atoms with Crippen molar-refractivity contribution in [1.29, 1.82) is 0 Å². The predicted octanol–water partition coefficient (Wildman–Crippen LogP) is 3.61. The van der Waals surface area contributed by atoms with Crippen LogP contribution in [-0.4, -0.2) is 0 Å². The molecule has 0 amide bonds. The van der Waals surface area contributed by atoms with Crippen LogP contribution in [0.3, 0.4) is 0 Å². The van der Waals surface area contributed by atoms with Crippen LogP contribution >= 0.6 is 0 Å². The minimum atomic E-state index is -1.61. The summed E-state index contributed by atoms with van der Waals surface area (Å²) in [7, 11) is 1.87. The summed E-state index contributed by atoms with van der Waals surface area (Å²) in [4.78, 5) is 0. The molecule has 2 rings (SSSR count). The minimum absolute atomic E-state index is 0.389. The van der Waals surface area contributed by atoms with Crippen molar-refractivity contribution in [1.82, 2.24) is 0 Å². The molecule has 0 atom stereocenters. The van der Waals surface area contributed by atoms with E-state index in [1.807, 2.05) is 42.8 Å². The molecule has 0 saturated heterocycles. The molecule has 94 valence electrons.